The second-order valence-corrected chi connectivity index (χ2v) is 8.01. The minimum absolute atomic E-state index is 0.242. The van der Waals surface area contributed by atoms with Gasteiger partial charge < -0.3 is 9.67 Å². The summed E-state index contributed by atoms with van der Waals surface area (Å²) in [5, 5.41) is 24.8. The number of nitrogens with zero attached hydrogens (tertiary/aromatic N) is 3. The third-order valence-electron chi connectivity index (χ3n) is 4.37. The molecular formula is C20H16ClIN4O4. The van der Waals surface area contributed by atoms with Gasteiger partial charge in [0.25, 0.3) is 5.91 Å². The Morgan fingerprint density at radius 2 is 1.90 bits per heavy atom. The van der Waals surface area contributed by atoms with Gasteiger partial charge in [0.1, 0.15) is 0 Å². The smallest absolute Gasteiger partial charge is 0.312 e. The number of nitro benzene ring substituents is 1. The predicted octanol–water partition coefficient (Wildman–Crippen LogP) is 4.73. The summed E-state index contributed by atoms with van der Waals surface area (Å²) in [6.45, 7) is 3.95. The molecule has 0 fully saturated rings. The highest BCUT2D eigenvalue weighted by Crippen LogP contribution is 2.31. The number of phenols is 1. The average Bonchev–Trinajstić information content (AvgIpc) is 3.02. The molecule has 154 valence electrons. The molecule has 0 aliphatic carbocycles. The van der Waals surface area contributed by atoms with Gasteiger partial charge in [0.05, 0.1) is 25.3 Å². The summed E-state index contributed by atoms with van der Waals surface area (Å²) in [6, 6.07) is 11.7. The standard InChI is InChI=1S/C20H16ClIN4O4/c1-11-3-4-12(2)25(11)14-5-6-15(16(21)9-14)20(28)24-23-10-13-7-17(22)19(27)18(8-13)26(29)30/h3-10,27H,1-2H3,(H,24,28)/b23-10-. The van der Waals surface area contributed by atoms with Crippen LogP contribution in [0.25, 0.3) is 5.69 Å². The molecule has 30 heavy (non-hydrogen) atoms. The lowest BCUT2D eigenvalue weighted by Crippen LogP contribution is -2.18. The summed E-state index contributed by atoms with van der Waals surface area (Å²) >= 11 is 8.08. The van der Waals surface area contributed by atoms with Gasteiger partial charge in [-0.2, -0.15) is 5.10 Å². The van der Waals surface area contributed by atoms with Crippen LogP contribution in [0.15, 0.2) is 47.6 Å². The van der Waals surface area contributed by atoms with Gasteiger partial charge in [0, 0.05) is 28.7 Å². The summed E-state index contributed by atoms with van der Waals surface area (Å²) in [7, 11) is 0. The van der Waals surface area contributed by atoms with Crippen LogP contribution in [-0.2, 0) is 0 Å². The van der Waals surface area contributed by atoms with E-state index in [1.807, 2.05) is 30.5 Å². The number of amides is 1. The molecule has 0 spiro atoms. The quantitative estimate of drug-likeness (QED) is 0.212. The van der Waals surface area contributed by atoms with Gasteiger partial charge in [-0.1, -0.05) is 11.6 Å². The van der Waals surface area contributed by atoms with Crippen molar-refractivity contribution in [3.05, 3.63) is 83.7 Å². The molecule has 0 atom stereocenters. The van der Waals surface area contributed by atoms with Crippen LogP contribution in [0, 0.1) is 27.5 Å². The van der Waals surface area contributed by atoms with E-state index in [-0.39, 0.29) is 10.6 Å². The summed E-state index contributed by atoms with van der Waals surface area (Å²) < 4.78 is 2.31. The lowest BCUT2D eigenvalue weighted by Gasteiger charge is -2.11. The lowest BCUT2D eigenvalue weighted by atomic mass is 10.2. The molecule has 2 N–H and O–H groups in total. The first-order valence-electron chi connectivity index (χ1n) is 8.64. The van der Waals surface area contributed by atoms with Gasteiger partial charge >= 0.3 is 5.69 Å². The lowest BCUT2D eigenvalue weighted by molar-refractivity contribution is -0.386. The van der Waals surface area contributed by atoms with Gasteiger partial charge in [0.15, 0.2) is 0 Å². The molecule has 0 aliphatic heterocycles. The maximum Gasteiger partial charge on any atom is 0.312 e. The number of aromatic nitrogens is 1. The van der Waals surface area contributed by atoms with E-state index >= 15 is 0 Å². The zero-order valence-corrected chi connectivity index (χ0v) is 18.8. The first kappa shape index (κ1) is 21.8. The molecule has 0 unspecified atom stereocenters. The molecule has 0 radical (unpaired) electrons. The van der Waals surface area contributed by atoms with Gasteiger partial charge in [-0.05, 0) is 72.8 Å². The first-order chi connectivity index (χ1) is 14.2. The number of carbonyl (C=O) groups excluding carboxylic acids is 1. The maximum absolute atomic E-state index is 12.4. The van der Waals surface area contributed by atoms with Crippen LogP contribution in [-0.4, -0.2) is 26.7 Å². The monoisotopic (exact) mass is 538 g/mol. The molecule has 3 rings (SSSR count). The Morgan fingerprint density at radius 1 is 1.23 bits per heavy atom. The normalized spacial score (nSPS) is 11.1. The molecule has 0 saturated carbocycles. The SMILES string of the molecule is Cc1ccc(C)n1-c1ccc(C(=O)N/N=C\c2cc(I)c(O)c([N+](=O)[O-])c2)c(Cl)c1. The fourth-order valence-electron chi connectivity index (χ4n) is 2.95. The van der Waals surface area contributed by atoms with E-state index in [1.165, 1.54) is 12.3 Å². The number of nitrogens with one attached hydrogen (secondary N) is 1. The van der Waals surface area contributed by atoms with Gasteiger partial charge in [-0.15, -0.1) is 0 Å². The summed E-state index contributed by atoms with van der Waals surface area (Å²) in [5.41, 5.74) is 5.43. The number of carbonyl (C=O) groups is 1. The molecule has 10 heteroatoms. The summed E-state index contributed by atoms with van der Waals surface area (Å²) in [6.07, 6.45) is 1.25. The fraction of sp³-hybridized carbons (Fsp3) is 0.100. The Bertz CT molecular complexity index is 1170. The van der Waals surface area contributed by atoms with Crippen LogP contribution in [0.3, 0.4) is 0 Å². The predicted molar refractivity (Wildman–Crippen MR) is 123 cm³/mol. The molecule has 2 aromatic carbocycles. The zero-order valence-electron chi connectivity index (χ0n) is 15.9. The van der Waals surface area contributed by atoms with Crippen LogP contribution >= 0.6 is 34.2 Å². The Balaban J connectivity index is 1.78. The number of hydrogen-bond donors (Lipinski definition) is 2. The number of rotatable bonds is 5. The molecule has 1 heterocycles. The number of nitro groups is 1. The van der Waals surface area contributed by atoms with Crippen LogP contribution < -0.4 is 5.43 Å². The number of hydrogen-bond acceptors (Lipinski definition) is 5. The van der Waals surface area contributed by atoms with E-state index in [0.29, 0.717) is 9.13 Å². The van der Waals surface area contributed by atoms with Crippen molar-refractivity contribution >= 4 is 52.0 Å². The van der Waals surface area contributed by atoms with Crippen molar-refractivity contribution in [2.24, 2.45) is 5.10 Å². The van der Waals surface area contributed by atoms with E-state index in [1.54, 1.807) is 40.8 Å². The van der Waals surface area contributed by atoms with Crippen molar-refractivity contribution in [3.63, 3.8) is 0 Å². The van der Waals surface area contributed by atoms with Crippen molar-refractivity contribution in [3.8, 4) is 11.4 Å². The van der Waals surface area contributed by atoms with E-state index in [0.717, 1.165) is 23.1 Å². The fourth-order valence-corrected chi connectivity index (χ4v) is 3.84. The molecule has 1 aromatic heterocycles. The van der Waals surface area contributed by atoms with E-state index in [9.17, 15) is 20.0 Å². The van der Waals surface area contributed by atoms with Crippen LogP contribution in [0.4, 0.5) is 5.69 Å². The van der Waals surface area contributed by atoms with Crippen molar-refractivity contribution in [2.75, 3.05) is 0 Å². The third-order valence-corrected chi connectivity index (χ3v) is 5.50. The van der Waals surface area contributed by atoms with Crippen LogP contribution in [0.1, 0.15) is 27.3 Å². The number of aromatic hydroxyl groups is 1. The number of halogens is 2. The van der Waals surface area contributed by atoms with E-state index < -0.39 is 22.3 Å². The summed E-state index contributed by atoms with van der Waals surface area (Å²) in [4.78, 5) is 22.7. The van der Waals surface area contributed by atoms with Crippen LogP contribution in [0.5, 0.6) is 5.75 Å². The highest BCUT2D eigenvalue weighted by atomic mass is 127. The van der Waals surface area contributed by atoms with Crippen molar-refractivity contribution < 1.29 is 14.8 Å². The number of benzene rings is 2. The van der Waals surface area contributed by atoms with Gasteiger partial charge in [0.2, 0.25) is 5.75 Å². The van der Waals surface area contributed by atoms with Gasteiger partial charge in [-0.25, -0.2) is 5.43 Å². The second kappa shape index (κ2) is 8.84. The molecule has 0 aliphatic rings. The Morgan fingerprint density at radius 3 is 2.50 bits per heavy atom. The number of hydrazone groups is 1. The minimum Gasteiger partial charge on any atom is -0.501 e. The topological polar surface area (TPSA) is 110 Å². The molecule has 0 bridgehead atoms. The van der Waals surface area contributed by atoms with Gasteiger partial charge in [-0.3, -0.25) is 14.9 Å². The Labute approximate surface area is 190 Å². The first-order valence-corrected chi connectivity index (χ1v) is 10.1. The van der Waals surface area contributed by atoms with E-state index in [2.05, 4.69) is 10.5 Å². The largest absolute Gasteiger partial charge is 0.501 e. The van der Waals surface area contributed by atoms with Crippen molar-refractivity contribution in [1.29, 1.82) is 0 Å². The molecule has 8 nitrogen and oxygen atoms in total. The van der Waals surface area contributed by atoms with E-state index in [4.69, 9.17) is 11.6 Å². The van der Waals surface area contributed by atoms with Crippen molar-refractivity contribution in [1.82, 2.24) is 9.99 Å². The molecule has 3 aromatic rings. The highest BCUT2D eigenvalue weighted by Gasteiger charge is 2.17. The highest BCUT2D eigenvalue weighted by molar-refractivity contribution is 14.1. The Kier molecular flexibility index (Phi) is 6.42. The maximum atomic E-state index is 12.4. The number of aryl methyl sites for hydroxylation is 2. The summed E-state index contributed by atoms with van der Waals surface area (Å²) in [5.74, 6) is -0.937. The van der Waals surface area contributed by atoms with Crippen LogP contribution in [0.2, 0.25) is 5.02 Å². The molecule has 1 amide bonds. The number of phenolic OH excluding ortho intramolecular Hbond substituents is 1. The average molecular weight is 539 g/mol. The molecular weight excluding hydrogens is 523 g/mol. The molecule has 0 saturated heterocycles. The Hall–Kier alpha value is -2.92. The minimum atomic E-state index is -0.692. The zero-order chi connectivity index (χ0) is 22.0. The van der Waals surface area contributed by atoms with Crippen molar-refractivity contribution in [2.45, 2.75) is 13.8 Å². The second-order valence-electron chi connectivity index (χ2n) is 6.44. The third kappa shape index (κ3) is 4.46.